The van der Waals surface area contributed by atoms with E-state index in [1.165, 1.54) is 22.7 Å². The summed E-state index contributed by atoms with van der Waals surface area (Å²) in [5.74, 6) is -0.0873. The van der Waals surface area contributed by atoms with E-state index in [-0.39, 0.29) is 23.9 Å². The highest BCUT2D eigenvalue weighted by atomic mass is 35.5. The summed E-state index contributed by atoms with van der Waals surface area (Å²) in [5, 5.41) is 13.3. The van der Waals surface area contributed by atoms with Gasteiger partial charge in [0.25, 0.3) is 0 Å². The van der Waals surface area contributed by atoms with Crippen molar-refractivity contribution in [2.75, 3.05) is 20.3 Å². The molecule has 0 atom stereocenters. The van der Waals surface area contributed by atoms with E-state index in [0.717, 1.165) is 5.56 Å². The van der Waals surface area contributed by atoms with Crippen molar-refractivity contribution in [3.63, 3.8) is 0 Å². The minimum absolute atomic E-state index is 0.00353. The number of hydrogen-bond donors (Lipinski definition) is 1. The zero-order valence-corrected chi connectivity index (χ0v) is 20.6. The fourth-order valence-corrected chi connectivity index (χ4v) is 5.15. The van der Waals surface area contributed by atoms with E-state index < -0.39 is 0 Å². The molecule has 2 aromatic heterocycles. The summed E-state index contributed by atoms with van der Waals surface area (Å²) in [7, 11) is 1.60. The molecule has 0 aliphatic carbocycles. The molecule has 0 saturated carbocycles. The molecule has 32 heavy (non-hydrogen) atoms. The number of methoxy groups -OCH3 is 1. The smallest absolute Gasteiger partial charge is 0.194 e. The normalized spacial score (nSPS) is 11.7. The van der Waals surface area contributed by atoms with Gasteiger partial charge in [0.05, 0.1) is 24.7 Å². The highest BCUT2D eigenvalue weighted by Crippen LogP contribution is 2.40. The molecule has 3 aromatic rings. The molecule has 2 heterocycles. The number of rotatable bonds is 10. The highest BCUT2D eigenvalue weighted by Gasteiger charge is 2.17. The van der Waals surface area contributed by atoms with Crippen molar-refractivity contribution in [1.29, 1.82) is 0 Å². The lowest BCUT2D eigenvalue weighted by atomic mass is 10.1. The van der Waals surface area contributed by atoms with Gasteiger partial charge in [-0.25, -0.2) is 0 Å². The molecule has 1 aromatic carbocycles. The van der Waals surface area contributed by atoms with Crippen LogP contribution in [0.5, 0.6) is 5.75 Å². The summed E-state index contributed by atoms with van der Waals surface area (Å²) in [5.41, 5.74) is 1.85. The number of ketones is 2. The van der Waals surface area contributed by atoms with Crippen molar-refractivity contribution in [1.82, 2.24) is 0 Å². The van der Waals surface area contributed by atoms with Crippen molar-refractivity contribution < 1.29 is 19.4 Å². The lowest BCUT2D eigenvalue weighted by Crippen LogP contribution is -2.04. The van der Waals surface area contributed by atoms with Gasteiger partial charge in [0.15, 0.2) is 11.6 Å². The van der Waals surface area contributed by atoms with Gasteiger partial charge in [-0.05, 0) is 43.2 Å². The van der Waals surface area contributed by atoms with Gasteiger partial charge in [-0.15, -0.1) is 22.7 Å². The number of aliphatic imine (C=N–C) groups is 1. The van der Waals surface area contributed by atoms with E-state index >= 15 is 0 Å². The maximum absolute atomic E-state index is 12.5. The molecule has 0 amide bonds. The Kier molecular flexibility index (Phi) is 8.62. The van der Waals surface area contributed by atoms with Gasteiger partial charge in [0, 0.05) is 36.8 Å². The van der Waals surface area contributed by atoms with E-state index in [4.69, 9.17) is 27.9 Å². The van der Waals surface area contributed by atoms with E-state index in [2.05, 4.69) is 4.99 Å². The summed E-state index contributed by atoms with van der Waals surface area (Å²) in [4.78, 5) is 30.8. The number of benzene rings is 1. The van der Waals surface area contributed by atoms with Gasteiger partial charge in [0.2, 0.25) is 0 Å². The average Bonchev–Trinajstić information content (AvgIpc) is 3.41. The first-order valence-electron chi connectivity index (χ1n) is 9.74. The lowest BCUT2D eigenvalue weighted by molar-refractivity contribution is 0.0966. The van der Waals surface area contributed by atoms with Crippen LogP contribution in [0.15, 0.2) is 40.7 Å². The van der Waals surface area contributed by atoms with Crippen LogP contribution in [0.1, 0.15) is 44.7 Å². The van der Waals surface area contributed by atoms with Crippen LogP contribution < -0.4 is 0 Å². The second-order valence-electron chi connectivity index (χ2n) is 6.96. The Morgan fingerprint density at radius 1 is 1.09 bits per heavy atom. The van der Waals surface area contributed by atoms with Crippen LogP contribution in [-0.2, 0) is 4.74 Å². The zero-order chi connectivity index (χ0) is 23.3. The first-order chi connectivity index (χ1) is 15.3. The second kappa shape index (κ2) is 11.2. The predicted molar refractivity (Wildman–Crippen MR) is 133 cm³/mol. The van der Waals surface area contributed by atoms with Crippen molar-refractivity contribution in [3.8, 4) is 16.2 Å². The molecular formula is C23H21Cl2NO4S2. The Labute approximate surface area is 204 Å². The third-order valence-electron chi connectivity index (χ3n) is 4.70. The van der Waals surface area contributed by atoms with E-state index in [0.29, 0.717) is 55.4 Å². The molecular weight excluding hydrogens is 489 g/mol. The van der Waals surface area contributed by atoms with Gasteiger partial charge in [0.1, 0.15) is 12.3 Å². The molecule has 0 aliphatic heterocycles. The molecule has 5 nitrogen and oxygen atoms in total. The van der Waals surface area contributed by atoms with Crippen LogP contribution in [0.2, 0.25) is 10.0 Å². The minimum atomic E-state index is -0.176. The third-order valence-corrected chi connectivity index (χ3v) is 7.63. The van der Waals surface area contributed by atoms with Crippen molar-refractivity contribution in [2.45, 2.75) is 19.8 Å². The number of ether oxygens (including phenoxy) is 1. The summed E-state index contributed by atoms with van der Waals surface area (Å²) in [6.07, 6.45) is 1.03. The number of aromatic hydroxyl groups is 1. The first-order valence-corrected chi connectivity index (χ1v) is 12.2. The Bertz CT molecular complexity index is 1170. The monoisotopic (exact) mass is 509 g/mol. The van der Waals surface area contributed by atoms with E-state index in [9.17, 15) is 14.7 Å². The van der Waals surface area contributed by atoms with Crippen LogP contribution in [-0.4, -0.2) is 42.6 Å². The van der Waals surface area contributed by atoms with Crippen LogP contribution in [0, 0.1) is 0 Å². The Morgan fingerprint density at radius 3 is 2.50 bits per heavy atom. The second-order valence-corrected chi connectivity index (χ2v) is 9.74. The van der Waals surface area contributed by atoms with Crippen LogP contribution in [0.25, 0.3) is 10.4 Å². The average molecular weight is 510 g/mol. The van der Waals surface area contributed by atoms with Crippen molar-refractivity contribution >= 4 is 63.2 Å². The Morgan fingerprint density at radius 2 is 1.81 bits per heavy atom. The number of carbonyl (C=O) groups is 2. The SMILES string of the molecule is COCCCC(=O)c1ccc(C(=O)CN=C(C)c2csc(-c3ccc(Cl)c(Cl)c3)c2O)s1. The fourth-order valence-electron chi connectivity index (χ4n) is 2.94. The van der Waals surface area contributed by atoms with Gasteiger partial charge >= 0.3 is 0 Å². The van der Waals surface area contributed by atoms with Crippen molar-refractivity contribution in [2.24, 2.45) is 4.99 Å². The molecule has 9 heteroatoms. The van der Waals surface area contributed by atoms with E-state index in [1.54, 1.807) is 49.7 Å². The number of Topliss-reactive ketones (excluding diaryl/α,β-unsaturated/α-hetero) is 2. The molecule has 0 radical (unpaired) electrons. The summed E-state index contributed by atoms with van der Waals surface area (Å²) < 4.78 is 4.96. The highest BCUT2D eigenvalue weighted by molar-refractivity contribution is 7.16. The molecule has 1 N–H and O–H groups in total. The topological polar surface area (TPSA) is 76.0 Å². The largest absolute Gasteiger partial charge is 0.506 e. The molecule has 3 rings (SSSR count). The maximum atomic E-state index is 12.5. The standard InChI is InChI=1S/C23H21Cl2NO4S2/c1-13(15-12-31-23(22(15)29)14-5-6-16(24)17(25)10-14)26-11-19(28)21-8-7-20(32-21)18(27)4-3-9-30-2/h5-8,10,12,29H,3-4,9,11H2,1-2H3. The van der Waals surface area contributed by atoms with Crippen LogP contribution in [0.4, 0.5) is 0 Å². The molecule has 0 spiro atoms. The first kappa shape index (κ1) is 24.6. The Hall–Kier alpha value is -2.03. The predicted octanol–water partition coefficient (Wildman–Crippen LogP) is 6.79. The van der Waals surface area contributed by atoms with Gasteiger partial charge in [-0.2, -0.15) is 0 Å². The number of thiophene rings is 2. The summed E-state index contributed by atoms with van der Waals surface area (Å²) in [6, 6.07) is 8.49. The molecule has 0 bridgehead atoms. The Balaban J connectivity index is 1.68. The summed E-state index contributed by atoms with van der Waals surface area (Å²) >= 11 is 14.6. The maximum Gasteiger partial charge on any atom is 0.194 e. The molecule has 0 aliphatic rings. The fraction of sp³-hybridized carbons (Fsp3) is 0.261. The van der Waals surface area contributed by atoms with Crippen LogP contribution >= 0.6 is 45.9 Å². The molecule has 0 saturated heterocycles. The molecule has 0 fully saturated rings. The van der Waals surface area contributed by atoms with Gasteiger partial charge in [-0.3, -0.25) is 14.6 Å². The number of hydrogen-bond acceptors (Lipinski definition) is 7. The van der Waals surface area contributed by atoms with E-state index in [1.807, 2.05) is 0 Å². The van der Waals surface area contributed by atoms with Crippen molar-refractivity contribution in [3.05, 3.63) is 61.1 Å². The summed E-state index contributed by atoms with van der Waals surface area (Å²) in [6.45, 7) is 2.20. The minimum Gasteiger partial charge on any atom is -0.506 e. The van der Waals surface area contributed by atoms with Gasteiger partial charge in [-0.1, -0.05) is 29.3 Å². The third kappa shape index (κ3) is 5.85. The molecule has 0 unspecified atom stereocenters. The molecule has 168 valence electrons. The lowest BCUT2D eigenvalue weighted by Gasteiger charge is -2.03. The number of nitrogens with zero attached hydrogens (tertiary/aromatic N) is 1. The zero-order valence-electron chi connectivity index (χ0n) is 17.5. The quantitative estimate of drug-likeness (QED) is 0.185. The number of carbonyl (C=O) groups excluding carboxylic acids is 2. The van der Waals surface area contributed by atoms with Gasteiger partial charge < -0.3 is 9.84 Å². The number of halogens is 2. The van der Waals surface area contributed by atoms with Crippen LogP contribution in [0.3, 0.4) is 0 Å².